The Bertz CT molecular complexity index is 854. The minimum Gasteiger partial charge on any atom is -0.451 e. The first kappa shape index (κ1) is 17.9. The van der Waals surface area contributed by atoms with E-state index in [-0.39, 0.29) is 11.4 Å². The van der Waals surface area contributed by atoms with E-state index in [0.29, 0.717) is 0 Å². The maximum absolute atomic E-state index is 13.8. The van der Waals surface area contributed by atoms with E-state index in [2.05, 4.69) is 33.6 Å². The Kier molecular flexibility index (Phi) is 5.62. The highest BCUT2D eigenvalue weighted by molar-refractivity contribution is 6.04. The molecule has 0 aliphatic carbocycles. The second-order valence-electron chi connectivity index (χ2n) is 4.54. The molecular formula is C16H11F3N4O2. The van der Waals surface area contributed by atoms with Gasteiger partial charge in [-0.25, -0.2) is 18.7 Å². The summed E-state index contributed by atoms with van der Waals surface area (Å²) in [5.74, 6) is -4.79. The van der Waals surface area contributed by atoms with Crippen LogP contribution in [0.5, 0.6) is 11.5 Å². The number of halogens is 3. The monoisotopic (exact) mass is 348 g/mol. The lowest BCUT2D eigenvalue weighted by Gasteiger charge is -2.10. The van der Waals surface area contributed by atoms with Crippen LogP contribution >= 0.6 is 0 Å². The Balaban J connectivity index is 2.29. The number of hydrogen-bond donors (Lipinski definition) is 1. The number of carbonyl (C=O) groups excluding carboxylic acids is 1. The summed E-state index contributed by atoms with van der Waals surface area (Å²) < 4.78 is 45.5. The third-order valence-corrected chi connectivity index (χ3v) is 2.71. The number of hydrogen-bond acceptors (Lipinski definition) is 5. The first-order chi connectivity index (χ1) is 11.9. The fourth-order valence-corrected chi connectivity index (χ4v) is 1.70. The Labute approximate surface area is 140 Å². The van der Waals surface area contributed by atoms with Crippen LogP contribution in [0.2, 0.25) is 0 Å². The third-order valence-electron chi connectivity index (χ3n) is 2.71. The number of rotatable bonds is 6. The topological polar surface area (TPSA) is 76.5 Å². The van der Waals surface area contributed by atoms with Gasteiger partial charge in [-0.05, 0) is 6.72 Å². The molecule has 0 aliphatic heterocycles. The van der Waals surface area contributed by atoms with Crippen LogP contribution in [-0.4, -0.2) is 22.6 Å². The van der Waals surface area contributed by atoms with Crippen LogP contribution in [0.4, 0.5) is 18.9 Å². The summed E-state index contributed by atoms with van der Waals surface area (Å²) in [5, 5.41) is 2.23. The van der Waals surface area contributed by atoms with Crippen molar-refractivity contribution in [1.82, 2.24) is 9.97 Å². The molecule has 0 saturated heterocycles. The number of nitrogens with zero attached hydrogens (tertiary/aromatic N) is 3. The molecule has 0 unspecified atom stereocenters. The summed E-state index contributed by atoms with van der Waals surface area (Å²) in [7, 11) is 0. The molecule has 0 saturated carbocycles. The van der Waals surface area contributed by atoms with Crippen molar-refractivity contribution < 1.29 is 22.7 Å². The number of benzene rings is 1. The molecule has 128 valence electrons. The molecule has 0 aliphatic rings. The quantitative estimate of drug-likeness (QED) is 0.492. The predicted molar refractivity (Wildman–Crippen MR) is 85.0 cm³/mol. The number of aliphatic imine (C=N–C) groups is 1. The van der Waals surface area contributed by atoms with Crippen LogP contribution in [0.25, 0.3) is 0 Å². The van der Waals surface area contributed by atoms with Crippen LogP contribution in [0.15, 0.2) is 60.0 Å². The van der Waals surface area contributed by atoms with Crippen LogP contribution in [-0.2, 0) is 4.79 Å². The number of carbonyl (C=O) groups is 1. The van der Waals surface area contributed by atoms with E-state index in [9.17, 15) is 18.0 Å². The predicted octanol–water partition coefficient (Wildman–Crippen LogP) is 3.55. The Morgan fingerprint density at radius 2 is 1.96 bits per heavy atom. The second kappa shape index (κ2) is 7.86. The lowest BCUT2D eigenvalue weighted by atomic mass is 10.2. The van der Waals surface area contributed by atoms with Gasteiger partial charge in [0, 0.05) is 23.9 Å². The van der Waals surface area contributed by atoms with Gasteiger partial charge in [-0.1, -0.05) is 6.58 Å². The SMILES string of the molecule is C=N/C(=C\C(=C)F)C(=O)Nc1cc(F)c(F)c(Oc2cncnc2)c1. The Morgan fingerprint density at radius 3 is 2.56 bits per heavy atom. The molecule has 1 heterocycles. The van der Waals surface area contributed by atoms with Crippen molar-refractivity contribution in [2.24, 2.45) is 4.99 Å². The molecule has 0 radical (unpaired) electrons. The molecule has 2 aromatic rings. The highest BCUT2D eigenvalue weighted by Gasteiger charge is 2.16. The van der Waals surface area contributed by atoms with E-state index in [1.165, 1.54) is 18.7 Å². The fraction of sp³-hybridized carbons (Fsp3) is 0. The normalized spacial score (nSPS) is 10.9. The zero-order chi connectivity index (χ0) is 18.4. The molecule has 6 nitrogen and oxygen atoms in total. The van der Waals surface area contributed by atoms with Crippen LogP contribution < -0.4 is 10.1 Å². The van der Waals surface area contributed by atoms with Crippen molar-refractivity contribution in [3.8, 4) is 11.5 Å². The maximum atomic E-state index is 13.8. The molecule has 1 amide bonds. The average Bonchev–Trinajstić information content (AvgIpc) is 2.57. The number of allylic oxidation sites excluding steroid dienone is 2. The van der Waals surface area contributed by atoms with Crippen molar-refractivity contribution >= 4 is 18.3 Å². The summed E-state index contributed by atoms with van der Waals surface area (Å²) in [6.45, 7) is 6.09. The molecule has 9 heteroatoms. The van der Waals surface area contributed by atoms with Gasteiger partial charge in [-0.2, -0.15) is 4.39 Å². The van der Waals surface area contributed by atoms with Gasteiger partial charge in [0.25, 0.3) is 5.91 Å². The molecule has 0 fully saturated rings. The largest absolute Gasteiger partial charge is 0.451 e. The van der Waals surface area contributed by atoms with Gasteiger partial charge in [-0.15, -0.1) is 0 Å². The summed E-state index contributed by atoms with van der Waals surface area (Å²) >= 11 is 0. The van der Waals surface area contributed by atoms with E-state index in [1.54, 1.807) is 0 Å². The summed E-state index contributed by atoms with van der Waals surface area (Å²) in [4.78, 5) is 22.6. The van der Waals surface area contributed by atoms with Crippen LogP contribution in [0.3, 0.4) is 0 Å². The number of ether oxygens (including phenoxy) is 1. The minimum absolute atomic E-state index is 0.0614. The zero-order valence-corrected chi connectivity index (χ0v) is 12.7. The van der Waals surface area contributed by atoms with Crippen LogP contribution in [0.1, 0.15) is 0 Å². The standard InChI is InChI=1S/C16H11F3N4O2/c1-9(17)3-13(20-2)16(24)23-10-4-12(18)15(19)14(5-10)25-11-6-21-8-22-7-11/h3-8H,1-2H2,(H,23,24)/b13-3-. The number of anilines is 1. The summed E-state index contributed by atoms with van der Waals surface area (Å²) in [6, 6.07) is 1.76. The van der Waals surface area contributed by atoms with Gasteiger partial charge < -0.3 is 10.1 Å². The average molecular weight is 348 g/mol. The highest BCUT2D eigenvalue weighted by Crippen LogP contribution is 2.29. The van der Waals surface area contributed by atoms with Crippen molar-refractivity contribution in [1.29, 1.82) is 0 Å². The van der Waals surface area contributed by atoms with E-state index < -0.39 is 34.8 Å². The second-order valence-corrected chi connectivity index (χ2v) is 4.54. The Morgan fingerprint density at radius 1 is 1.28 bits per heavy atom. The molecule has 2 rings (SSSR count). The molecular weight excluding hydrogens is 337 g/mol. The Hall–Kier alpha value is -3.49. The fourth-order valence-electron chi connectivity index (χ4n) is 1.70. The van der Waals surface area contributed by atoms with E-state index in [4.69, 9.17) is 4.74 Å². The van der Waals surface area contributed by atoms with Gasteiger partial charge in [0.05, 0.1) is 12.4 Å². The van der Waals surface area contributed by atoms with Gasteiger partial charge in [0.1, 0.15) is 17.9 Å². The molecule has 1 aromatic carbocycles. The van der Waals surface area contributed by atoms with Gasteiger partial charge in [0.2, 0.25) is 5.82 Å². The first-order valence-electron chi connectivity index (χ1n) is 6.66. The summed E-state index contributed by atoms with van der Waals surface area (Å²) in [6.07, 6.45) is 4.45. The lowest BCUT2D eigenvalue weighted by molar-refractivity contribution is -0.112. The summed E-state index contributed by atoms with van der Waals surface area (Å²) in [5.41, 5.74) is -0.536. The lowest BCUT2D eigenvalue weighted by Crippen LogP contribution is -2.14. The first-order valence-corrected chi connectivity index (χ1v) is 6.66. The number of aromatic nitrogens is 2. The van der Waals surface area contributed by atoms with E-state index in [1.807, 2.05) is 0 Å². The van der Waals surface area contributed by atoms with Crippen molar-refractivity contribution in [3.05, 3.63) is 66.7 Å². The molecule has 1 aromatic heterocycles. The van der Waals surface area contributed by atoms with Crippen molar-refractivity contribution in [3.63, 3.8) is 0 Å². The zero-order valence-electron chi connectivity index (χ0n) is 12.7. The van der Waals surface area contributed by atoms with E-state index >= 15 is 0 Å². The van der Waals surface area contributed by atoms with Crippen molar-refractivity contribution in [2.75, 3.05) is 5.32 Å². The molecule has 1 N–H and O–H groups in total. The van der Waals surface area contributed by atoms with Crippen molar-refractivity contribution in [2.45, 2.75) is 0 Å². The smallest absolute Gasteiger partial charge is 0.274 e. The van der Waals surface area contributed by atoms with Gasteiger partial charge in [-0.3, -0.25) is 9.79 Å². The van der Waals surface area contributed by atoms with Crippen LogP contribution in [0, 0.1) is 11.6 Å². The molecule has 25 heavy (non-hydrogen) atoms. The van der Waals surface area contributed by atoms with E-state index in [0.717, 1.165) is 18.2 Å². The molecule has 0 spiro atoms. The molecule has 0 atom stereocenters. The van der Waals surface area contributed by atoms with Gasteiger partial charge in [0.15, 0.2) is 17.3 Å². The third kappa shape index (κ3) is 4.74. The number of nitrogens with one attached hydrogen (secondary N) is 1. The highest BCUT2D eigenvalue weighted by atomic mass is 19.2. The maximum Gasteiger partial charge on any atom is 0.274 e. The molecule has 0 bridgehead atoms. The minimum atomic E-state index is -1.27. The number of amides is 1. The van der Waals surface area contributed by atoms with Gasteiger partial charge >= 0.3 is 0 Å².